The molecule has 0 amide bonds. The van der Waals surface area contributed by atoms with Crippen LogP contribution in [0.4, 0.5) is 0 Å². The number of carboxylic acid groups (broad SMARTS) is 3. The molecule has 1 radical (unpaired) electrons. The maximum atomic E-state index is 12.3. The molecule has 11 unspecified atom stereocenters. The third-order valence-electron chi connectivity index (χ3n) is 13.8. The van der Waals surface area contributed by atoms with Crippen LogP contribution in [0.5, 0.6) is 0 Å². The summed E-state index contributed by atoms with van der Waals surface area (Å²) >= 11 is 0. The van der Waals surface area contributed by atoms with E-state index in [1.165, 1.54) is 41.9 Å². The number of ether oxygens (including phenoxy) is 12. The van der Waals surface area contributed by atoms with Crippen LogP contribution < -0.4 is 14.9 Å². The van der Waals surface area contributed by atoms with Gasteiger partial charge in [0.1, 0.15) is 54.9 Å². The Kier molecular flexibility index (Phi) is 46.7. The smallest absolute Gasteiger partial charge is 0.346 e. The van der Waals surface area contributed by atoms with Gasteiger partial charge in [-0.1, -0.05) is 49.1 Å². The van der Waals surface area contributed by atoms with Crippen molar-refractivity contribution < 1.29 is 206 Å². The average Bonchev–Trinajstić information content (AvgIpc) is 0.808. The predicted molar refractivity (Wildman–Crippen MR) is 307 cm³/mol. The second-order valence-electron chi connectivity index (χ2n) is 20.7. The van der Waals surface area contributed by atoms with E-state index in [1.54, 1.807) is 25.5 Å². The van der Waals surface area contributed by atoms with Gasteiger partial charge >= 0.3 is 23.9 Å². The topological polar surface area (TPSA) is 607 Å². The number of esters is 3. The van der Waals surface area contributed by atoms with E-state index in [9.17, 15) is 98.3 Å². The second-order valence-corrected chi connectivity index (χ2v) is 23.9. The third kappa shape index (κ3) is 32.1. The number of methoxy groups -OCH3 is 3. The van der Waals surface area contributed by atoms with Gasteiger partial charge in [-0.05, 0) is 27.7 Å². The Labute approximate surface area is 577 Å². The van der Waals surface area contributed by atoms with Crippen LogP contribution in [0.2, 0.25) is 0 Å². The molecule has 39 nitrogen and oxygen atoms in total. The molecule has 0 aromatic carbocycles. The summed E-state index contributed by atoms with van der Waals surface area (Å²) < 4.78 is 177. The number of nitrogens with one attached hydrogen (secondary N) is 2. The second kappa shape index (κ2) is 45.3. The molecule has 4 heterocycles. The zero-order chi connectivity index (χ0) is 70.4. The molecular formula is C52H90N2O37S3Y-6. The summed E-state index contributed by atoms with van der Waals surface area (Å²) in [6.07, 6.45) is -21.0. The number of carbonyl (C=O) groups excluding carboxylic acids is 5. The normalized spacial score (nSPS) is 31.5. The molecule has 0 saturated carbocycles. The maximum absolute atomic E-state index is 12.3. The van der Waals surface area contributed by atoms with Gasteiger partial charge in [-0.3, -0.25) is 13.2 Å². The van der Waals surface area contributed by atoms with Crippen molar-refractivity contribution in [3.8, 4) is 12.8 Å². The molecule has 0 aliphatic carbocycles. The van der Waals surface area contributed by atoms with Gasteiger partial charge in [0.15, 0.2) is 22.5 Å². The van der Waals surface area contributed by atoms with Gasteiger partial charge in [-0.15, -0.1) is 12.8 Å². The van der Waals surface area contributed by atoms with Gasteiger partial charge in [-0.25, -0.2) is 44.4 Å². The number of aliphatic hydroxyl groups is 5. The standard InChI is InChI=1S/C33H57N2O28S3.C8H14O4.C6H10O5.C2H2.3CH4.Y/c1-12-16(8-55-5-14-13(2)59-18(7-53-3)21(34)24(14)37)61-31(33(42)43)29(23(12)36)57-10-19-22(35-64(44,45)46)25(38)15(17(60-19)11-58-65(47,48)49)6-56-9-20-27(63-66(50,51)52)26(39)28(54-4)30(62-20)32(40)41;1-5(2)7(9)12-6(3)8(10)11-4;1-3(7)6(10)11-4(2)5(8)9;1-2;;;;/h12-31,34-39H,5-11H2,1-4H3,(H,40,41)(H,42,43)(H,44,45,46)(H,47,48,49)(H,50,51,52);5-6H,1-4H3;3-4,7H,1-2H3,(H,8,9);1-2H;3*1H4;/q-1;;;;;;;/p-5/t12?,13?,14-,15-,16+,17?,18-,19-,20+,21?,22?,23+,24-,25-,26+,27?,28+,29-,30?,31?;;;;;;;/m1......./s1. The molecule has 0 spiro atoms. The summed E-state index contributed by atoms with van der Waals surface area (Å²) in [6.45, 7) is 5.58. The van der Waals surface area contributed by atoms with Crippen LogP contribution in [0.25, 0.3) is 5.73 Å². The molecule has 0 bridgehead atoms. The van der Waals surface area contributed by atoms with E-state index < -0.39 is 233 Å². The Bertz CT molecular complexity index is 2680. The molecule has 0 aromatic rings. The van der Waals surface area contributed by atoms with Crippen LogP contribution in [-0.4, -0.2) is 295 Å². The van der Waals surface area contributed by atoms with Crippen molar-refractivity contribution in [2.75, 3.05) is 67.6 Å². The van der Waals surface area contributed by atoms with Crippen LogP contribution in [0.3, 0.4) is 0 Å². The first kappa shape index (κ1) is 97.9. The van der Waals surface area contributed by atoms with E-state index in [2.05, 4.69) is 30.7 Å². The monoisotopic (exact) mass is 1520 g/mol. The molecule has 4 fully saturated rings. The fourth-order valence-electron chi connectivity index (χ4n) is 8.98. The van der Waals surface area contributed by atoms with Gasteiger partial charge in [0, 0.05) is 70.8 Å². The SMILES string of the molecule is C.C.C.C#C.CC(O)C(=O)OC(C)C(=O)O.COC(=O)C(C)OC(=O)C(C)C.COC[C@H]1OC(C)[C@@H](COC[C@@H]2OC(C(=O)[O-])[C@H](OC[C@H]3OC(COS(=O)(=O)[O-])[C@@H](COC[C@@H]4OC(C(=O)[O-])[C@@H](OC)[C@@H](O)C4OS(=O)(=O)[O-])[C@@H](O)C3NS(=O)(=O)[O-])[C@@H](O)C2C)[C@@H](O)C1[NH-].[Y]. The number of terminal acetylenes is 1. The molecule has 0 aromatic heterocycles. The molecule has 4 rings (SSSR count). The fourth-order valence-corrected chi connectivity index (χ4v) is 10.4. The summed E-state index contributed by atoms with van der Waals surface area (Å²) in [6, 6.07) is -3.18. The number of aliphatic hydroxyl groups excluding tert-OH is 5. The number of hydrogen-bond donors (Lipinski definition) is 7. The zero-order valence-corrected chi connectivity index (χ0v) is 56.4. The van der Waals surface area contributed by atoms with E-state index in [0.717, 1.165) is 7.11 Å². The first-order valence-corrected chi connectivity index (χ1v) is 31.1. The van der Waals surface area contributed by atoms with Crippen molar-refractivity contribution in [2.24, 2.45) is 23.7 Å². The fraction of sp³-hybridized carbons (Fsp3) is 0.846. The zero-order valence-electron chi connectivity index (χ0n) is 51.1. The summed E-state index contributed by atoms with van der Waals surface area (Å²) in [7, 11) is -13.2. The van der Waals surface area contributed by atoms with Crippen molar-refractivity contribution >= 4 is 66.9 Å². The van der Waals surface area contributed by atoms with Crippen LogP contribution in [0, 0.1) is 36.5 Å². The van der Waals surface area contributed by atoms with Gasteiger partial charge in [0.05, 0.1) is 114 Å². The Morgan fingerprint density at radius 2 is 1.09 bits per heavy atom. The maximum Gasteiger partial charge on any atom is 0.346 e. The predicted octanol–water partition coefficient (Wildman–Crippen LogP) is -6.59. The van der Waals surface area contributed by atoms with Crippen molar-refractivity contribution in [3.63, 3.8) is 0 Å². The Morgan fingerprint density at radius 1 is 0.589 bits per heavy atom. The average molecular weight is 1520 g/mol. The van der Waals surface area contributed by atoms with E-state index in [0.29, 0.717) is 0 Å². The molecule has 43 heteroatoms. The molecule has 4 saturated heterocycles. The minimum absolute atomic E-state index is 0. The van der Waals surface area contributed by atoms with Gasteiger partial charge in [0.2, 0.25) is 20.8 Å². The first-order valence-electron chi connectivity index (χ1n) is 27.0. The van der Waals surface area contributed by atoms with E-state index in [1.807, 2.05) is 0 Å². The minimum atomic E-state index is -5.64. The minimum Gasteiger partial charge on any atom is -0.735 e. The van der Waals surface area contributed by atoms with E-state index in [4.69, 9.17) is 63.3 Å². The number of carbonyl (C=O) groups is 6. The molecule has 4 aliphatic heterocycles. The molecule has 23 atom stereocenters. The van der Waals surface area contributed by atoms with Gasteiger partial charge < -0.3 is 127 Å². The largest absolute Gasteiger partial charge is 0.735 e. The molecule has 557 valence electrons. The van der Waals surface area contributed by atoms with Crippen LogP contribution in [-0.2, 0) is 158 Å². The van der Waals surface area contributed by atoms with Crippen molar-refractivity contribution in [1.29, 1.82) is 0 Å². The van der Waals surface area contributed by atoms with Gasteiger partial charge in [0.25, 0.3) is 0 Å². The number of aliphatic carboxylic acids is 3. The molecule has 4 aliphatic rings. The number of carboxylic acids is 3. The van der Waals surface area contributed by atoms with E-state index in [-0.39, 0.29) is 80.7 Å². The third-order valence-corrected chi connectivity index (χ3v) is 15.3. The molecular weight excluding hydrogens is 1430 g/mol. The van der Waals surface area contributed by atoms with Gasteiger partial charge in [-0.2, -0.15) is 0 Å². The first-order chi connectivity index (χ1) is 42.0. The number of hydrogen-bond acceptors (Lipinski definition) is 36. The van der Waals surface area contributed by atoms with Crippen molar-refractivity contribution in [2.45, 2.75) is 193 Å². The Morgan fingerprint density at radius 3 is 1.55 bits per heavy atom. The quantitative estimate of drug-likeness (QED) is 0.0120. The van der Waals surface area contributed by atoms with Crippen LogP contribution >= 0.6 is 0 Å². The number of rotatable bonds is 29. The van der Waals surface area contributed by atoms with E-state index >= 15 is 0 Å². The molecule has 95 heavy (non-hydrogen) atoms. The Balaban J connectivity index is -0.00000120. The summed E-state index contributed by atoms with van der Waals surface area (Å²) in [5.41, 5.74) is 8.28. The van der Waals surface area contributed by atoms with Crippen LogP contribution in [0.1, 0.15) is 70.7 Å². The summed E-state index contributed by atoms with van der Waals surface area (Å²) in [5.74, 6) is -10.7. The Hall–Kier alpha value is -3.51. The molecule has 8 N–H and O–H groups in total. The summed E-state index contributed by atoms with van der Waals surface area (Å²) in [5, 5.41) is 85.1. The summed E-state index contributed by atoms with van der Waals surface area (Å²) in [4.78, 5) is 66.4. The van der Waals surface area contributed by atoms with Crippen LogP contribution in [0.15, 0.2) is 0 Å². The van der Waals surface area contributed by atoms with Crippen molar-refractivity contribution in [3.05, 3.63) is 5.73 Å². The van der Waals surface area contributed by atoms with Crippen molar-refractivity contribution in [1.82, 2.24) is 4.72 Å².